The number of anilines is 1. The Bertz CT molecular complexity index is 659. The molecule has 0 aliphatic rings. The van der Waals surface area contributed by atoms with Crippen LogP contribution < -0.4 is 10.2 Å². The highest BCUT2D eigenvalue weighted by molar-refractivity contribution is 7.09. The van der Waals surface area contributed by atoms with Crippen molar-refractivity contribution in [3.8, 4) is 0 Å². The molecular weight excluding hydrogens is 306 g/mol. The maximum absolute atomic E-state index is 11.8. The molecule has 0 bridgehead atoms. The average molecular weight is 329 g/mol. The summed E-state index contributed by atoms with van der Waals surface area (Å²) in [6.07, 6.45) is 5.23. The van der Waals surface area contributed by atoms with E-state index >= 15 is 0 Å². The third-order valence-corrected chi connectivity index (χ3v) is 4.40. The smallest absolute Gasteiger partial charge is 0.243 e. The number of carbonyl (C=O) groups excluding carboxylic acids is 1. The number of hydrogen-bond donors (Lipinski definition) is 1. The van der Waals surface area contributed by atoms with Gasteiger partial charge in [-0.05, 0) is 37.1 Å². The monoisotopic (exact) mass is 329 g/mol. The average Bonchev–Trinajstić information content (AvgIpc) is 2.95. The molecule has 1 heterocycles. The molecular formula is C18H23N3OS. The molecule has 122 valence electrons. The lowest BCUT2D eigenvalue weighted by Gasteiger charge is -2.11. The highest BCUT2D eigenvalue weighted by Crippen LogP contribution is 2.13. The molecule has 1 aromatic heterocycles. The van der Waals surface area contributed by atoms with Gasteiger partial charge in [-0.1, -0.05) is 12.1 Å². The van der Waals surface area contributed by atoms with Gasteiger partial charge < -0.3 is 10.2 Å². The Labute approximate surface area is 141 Å². The van der Waals surface area contributed by atoms with E-state index in [1.54, 1.807) is 17.4 Å². The lowest BCUT2D eigenvalue weighted by molar-refractivity contribution is -0.116. The molecule has 0 unspecified atom stereocenters. The van der Waals surface area contributed by atoms with E-state index in [1.807, 2.05) is 56.3 Å². The molecule has 1 N–H and O–H groups in total. The fourth-order valence-electron chi connectivity index (χ4n) is 2.08. The Kier molecular flexibility index (Phi) is 6.35. The molecule has 0 fully saturated rings. The first-order valence-corrected chi connectivity index (χ1v) is 8.57. The van der Waals surface area contributed by atoms with Crippen LogP contribution in [0.15, 0.2) is 35.7 Å². The van der Waals surface area contributed by atoms with Crippen molar-refractivity contribution < 1.29 is 4.79 Å². The van der Waals surface area contributed by atoms with E-state index < -0.39 is 0 Å². The lowest BCUT2D eigenvalue weighted by atomic mass is 10.2. The topological polar surface area (TPSA) is 45.2 Å². The second kappa shape index (κ2) is 8.48. The molecule has 2 aromatic rings. The van der Waals surface area contributed by atoms with Gasteiger partial charge in [-0.2, -0.15) is 0 Å². The summed E-state index contributed by atoms with van der Waals surface area (Å²) in [5, 5.41) is 6.09. The predicted octanol–water partition coefficient (Wildman–Crippen LogP) is 3.28. The van der Waals surface area contributed by atoms with Crippen LogP contribution in [0.4, 0.5) is 5.69 Å². The quantitative estimate of drug-likeness (QED) is 0.626. The van der Waals surface area contributed by atoms with Crippen LogP contribution in [0, 0.1) is 6.92 Å². The fourth-order valence-corrected chi connectivity index (χ4v) is 2.90. The van der Waals surface area contributed by atoms with Gasteiger partial charge in [-0.25, -0.2) is 4.98 Å². The zero-order valence-corrected chi connectivity index (χ0v) is 14.7. The van der Waals surface area contributed by atoms with Crippen LogP contribution in [0.5, 0.6) is 0 Å². The summed E-state index contributed by atoms with van der Waals surface area (Å²) in [4.78, 5) is 18.2. The van der Waals surface area contributed by atoms with Crippen molar-refractivity contribution in [2.24, 2.45) is 0 Å². The molecule has 0 saturated heterocycles. The summed E-state index contributed by atoms with van der Waals surface area (Å²) in [5.74, 6) is -0.0583. The standard InChI is InChI=1S/C18H23N3OS/c1-14-13-23-18(20-14)5-4-12-19-17(22)11-8-15-6-9-16(10-7-15)21(2)3/h6-11,13H,4-5,12H2,1-3H3,(H,19,22)/b11-8+. The van der Waals surface area contributed by atoms with E-state index in [0.29, 0.717) is 6.54 Å². The number of aryl methyl sites for hydroxylation is 2. The zero-order chi connectivity index (χ0) is 16.7. The first-order chi connectivity index (χ1) is 11.0. The van der Waals surface area contributed by atoms with Gasteiger partial charge in [0.2, 0.25) is 5.91 Å². The maximum atomic E-state index is 11.8. The third-order valence-electron chi connectivity index (χ3n) is 3.37. The molecule has 2 rings (SSSR count). The summed E-state index contributed by atoms with van der Waals surface area (Å²) in [7, 11) is 4.01. The third kappa shape index (κ3) is 5.87. The van der Waals surface area contributed by atoms with E-state index in [0.717, 1.165) is 34.8 Å². The Morgan fingerprint density at radius 2 is 2.04 bits per heavy atom. The summed E-state index contributed by atoms with van der Waals surface area (Å²) >= 11 is 1.68. The molecule has 1 amide bonds. The Morgan fingerprint density at radius 1 is 1.30 bits per heavy atom. The van der Waals surface area contributed by atoms with E-state index in [9.17, 15) is 4.79 Å². The van der Waals surface area contributed by atoms with Crippen molar-refractivity contribution in [3.05, 3.63) is 52.0 Å². The van der Waals surface area contributed by atoms with Crippen LogP contribution in [0.3, 0.4) is 0 Å². The van der Waals surface area contributed by atoms with Gasteiger partial charge in [-0.3, -0.25) is 4.79 Å². The van der Waals surface area contributed by atoms with Gasteiger partial charge in [0.15, 0.2) is 0 Å². The first kappa shape index (κ1) is 17.2. The second-order valence-electron chi connectivity index (χ2n) is 5.60. The number of nitrogens with one attached hydrogen (secondary N) is 1. The summed E-state index contributed by atoms with van der Waals surface area (Å²) in [6, 6.07) is 8.08. The van der Waals surface area contributed by atoms with E-state index in [4.69, 9.17) is 0 Å². The van der Waals surface area contributed by atoms with Crippen LogP contribution in [-0.2, 0) is 11.2 Å². The SMILES string of the molecule is Cc1csc(CCCNC(=O)/C=C/c2ccc(N(C)C)cc2)n1. The lowest BCUT2D eigenvalue weighted by Crippen LogP contribution is -2.22. The number of hydrogen-bond acceptors (Lipinski definition) is 4. The number of benzene rings is 1. The molecule has 4 nitrogen and oxygen atoms in total. The number of nitrogens with zero attached hydrogens (tertiary/aromatic N) is 2. The van der Waals surface area contributed by atoms with Crippen molar-refractivity contribution >= 4 is 29.0 Å². The van der Waals surface area contributed by atoms with Crippen LogP contribution in [0.25, 0.3) is 6.08 Å². The largest absolute Gasteiger partial charge is 0.378 e. The van der Waals surface area contributed by atoms with Gasteiger partial charge in [0.05, 0.1) is 5.01 Å². The molecule has 1 aromatic carbocycles. The van der Waals surface area contributed by atoms with Crippen molar-refractivity contribution in [1.29, 1.82) is 0 Å². The number of aromatic nitrogens is 1. The summed E-state index contributed by atoms with van der Waals surface area (Å²) in [5.41, 5.74) is 3.23. The maximum Gasteiger partial charge on any atom is 0.243 e. The molecule has 23 heavy (non-hydrogen) atoms. The second-order valence-corrected chi connectivity index (χ2v) is 6.54. The van der Waals surface area contributed by atoms with Crippen LogP contribution in [0.2, 0.25) is 0 Å². The number of carbonyl (C=O) groups is 1. The minimum absolute atomic E-state index is 0.0583. The number of thiazole rings is 1. The van der Waals surface area contributed by atoms with Crippen molar-refractivity contribution in [3.63, 3.8) is 0 Å². The van der Waals surface area contributed by atoms with Gasteiger partial charge in [0.25, 0.3) is 0 Å². The molecule has 0 aliphatic carbocycles. The first-order valence-electron chi connectivity index (χ1n) is 7.69. The van der Waals surface area contributed by atoms with Gasteiger partial charge in [0.1, 0.15) is 0 Å². The molecule has 0 saturated carbocycles. The van der Waals surface area contributed by atoms with Crippen molar-refractivity contribution in [1.82, 2.24) is 10.3 Å². The molecule has 5 heteroatoms. The fraction of sp³-hybridized carbons (Fsp3) is 0.333. The highest BCUT2D eigenvalue weighted by atomic mass is 32.1. The predicted molar refractivity (Wildman–Crippen MR) is 98.0 cm³/mol. The zero-order valence-electron chi connectivity index (χ0n) is 13.9. The van der Waals surface area contributed by atoms with Crippen LogP contribution in [0.1, 0.15) is 22.7 Å². The van der Waals surface area contributed by atoms with E-state index in [1.165, 1.54) is 0 Å². The van der Waals surface area contributed by atoms with Crippen LogP contribution >= 0.6 is 11.3 Å². The highest BCUT2D eigenvalue weighted by Gasteiger charge is 2.00. The van der Waals surface area contributed by atoms with E-state index in [2.05, 4.69) is 15.7 Å². The number of rotatable bonds is 7. The molecule has 0 spiro atoms. The van der Waals surface area contributed by atoms with Crippen molar-refractivity contribution in [2.45, 2.75) is 19.8 Å². The van der Waals surface area contributed by atoms with Gasteiger partial charge in [0, 0.05) is 49.9 Å². The summed E-state index contributed by atoms with van der Waals surface area (Å²) < 4.78 is 0. The minimum atomic E-state index is -0.0583. The van der Waals surface area contributed by atoms with Crippen LogP contribution in [-0.4, -0.2) is 31.5 Å². The minimum Gasteiger partial charge on any atom is -0.378 e. The normalized spacial score (nSPS) is 10.9. The Hall–Kier alpha value is -2.14. The van der Waals surface area contributed by atoms with Gasteiger partial charge in [-0.15, -0.1) is 11.3 Å². The Balaban J connectivity index is 1.71. The van der Waals surface area contributed by atoms with Crippen molar-refractivity contribution in [2.75, 3.05) is 25.5 Å². The molecule has 0 atom stereocenters. The molecule has 0 aliphatic heterocycles. The number of amides is 1. The Morgan fingerprint density at radius 3 is 2.65 bits per heavy atom. The molecule has 0 radical (unpaired) electrons. The van der Waals surface area contributed by atoms with Gasteiger partial charge >= 0.3 is 0 Å². The van der Waals surface area contributed by atoms with E-state index in [-0.39, 0.29) is 5.91 Å². The summed E-state index contributed by atoms with van der Waals surface area (Å²) in [6.45, 7) is 2.67.